The van der Waals surface area contributed by atoms with Gasteiger partial charge in [-0.15, -0.1) is 0 Å². The molecule has 0 fully saturated rings. The molecule has 1 aromatic rings. The second-order valence-corrected chi connectivity index (χ2v) is 3.98. The molecule has 4 heteroatoms. The van der Waals surface area contributed by atoms with Crippen molar-refractivity contribution in [1.82, 2.24) is 5.32 Å². The molecule has 0 aromatic heterocycles. The van der Waals surface area contributed by atoms with Crippen LogP contribution in [0.4, 0.5) is 5.69 Å². The summed E-state index contributed by atoms with van der Waals surface area (Å²) in [6.07, 6.45) is 4.43. The summed E-state index contributed by atoms with van der Waals surface area (Å²) in [6, 6.07) is 7.76. The fourth-order valence-electron chi connectivity index (χ4n) is 1.32. The molecule has 0 atom stereocenters. The van der Waals surface area contributed by atoms with Crippen LogP contribution in [-0.2, 0) is 5.11 Å². The van der Waals surface area contributed by atoms with Crippen LogP contribution in [0, 0.1) is 0 Å². The lowest BCUT2D eigenvalue weighted by Crippen LogP contribution is -2.28. The molecular formula is C13H17N2OS. The number of benzene rings is 1. The molecule has 0 saturated carbocycles. The van der Waals surface area contributed by atoms with Crippen LogP contribution in [0.3, 0.4) is 0 Å². The summed E-state index contributed by atoms with van der Waals surface area (Å²) in [4.78, 5) is 0. The predicted molar refractivity (Wildman–Crippen MR) is 75.5 cm³/mol. The van der Waals surface area contributed by atoms with Gasteiger partial charge in [-0.05, 0) is 36.3 Å². The van der Waals surface area contributed by atoms with Crippen molar-refractivity contribution in [3.63, 3.8) is 0 Å². The summed E-state index contributed by atoms with van der Waals surface area (Å²) in [6.45, 7) is 2.75. The fraction of sp³-hybridized carbons (Fsp3) is 0.308. The van der Waals surface area contributed by atoms with Gasteiger partial charge in [0.1, 0.15) is 6.61 Å². The zero-order valence-electron chi connectivity index (χ0n) is 9.90. The third kappa shape index (κ3) is 5.47. The second kappa shape index (κ2) is 7.81. The monoisotopic (exact) mass is 249 g/mol. The lowest BCUT2D eigenvalue weighted by Gasteiger charge is -2.09. The van der Waals surface area contributed by atoms with Crippen LogP contribution < -0.4 is 10.6 Å². The Balaban J connectivity index is 2.59. The Kier molecular flexibility index (Phi) is 6.29. The Hall–Kier alpha value is -1.39. The minimum atomic E-state index is -0.200. The lowest BCUT2D eigenvalue weighted by molar-refractivity contribution is 0.233. The summed E-state index contributed by atoms with van der Waals surface area (Å²) in [7, 11) is 0. The van der Waals surface area contributed by atoms with E-state index in [4.69, 9.17) is 12.2 Å². The number of rotatable bonds is 5. The summed E-state index contributed by atoms with van der Waals surface area (Å²) >= 11 is 5.14. The highest BCUT2D eigenvalue weighted by atomic mass is 32.1. The van der Waals surface area contributed by atoms with Crippen LogP contribution >= 0.6 is 12.2 Å². The average molecular weight is 249 g/mol. The maximum absolute atomic E-state index is 10.4. The number of hydrogen-bond donors (Lipinski definition) is 2. The van der Waals surface area contributed by atoms with Crippen molar-refractivity contribution in [3.05, 3.63) is 35.9 Å². The van der Waals surface area contributed by atoms with Crippen molar-refractivity contribution in [2.45, 2.75) is 13.3 Å². The largest absolute Gasteiger partial charge is 0.362 e. The zero-order chi connectivity index (χ0) is 12.5. The predicted octanol–water partition coefficient (Wildman–Crippen LogP) is 2.83. The fourth-order valence-corrected chi connectivity index (χ4v) is 1.54. The molecule has 91 valence electrons. The van der Waals surface area contributed by atoms with Crippen LogP contribution in [0.2, 0.25) is 0 Å². The second-order valence-electron chi connectivity index (χ2n) is 3.58. The van der Waals surface area contributed by atoms with Gasteiger partial charge < -0.3 is 10.6 Å². The summed E-state index contributed by atoms with van der Waals surface area (Å²) < 4.78 is 0. The van der Waals surface area contributed by atoms with Crippen molar-refractivity contribution in [2.75, 3.05) is 18.5 Å². The van der Waals surface area contributed by atoms with Gasteiger partial charge in [-0.3, -0.25) is 0 Å². The normalized spacial score (nSPS) is 10.5. The SMILES string of the molecule is CCCNC(=S)Nc1cccc(/C=C/C[O])c1. The first-order valence-electron chi connectivity index (χ1n) is 5.66. The van der Waals surface area contributed by atoms with E-state index >= 15 is 0 Å². The van der Waals surface area contributed by atoms with E-state index in [1.165, 1.54) is 0 Å². The number of thiocarbonyl (C=S) groups is 1. The van der Waals surface area contributed by atoms with E-state index < -0.39 is 0 Å². The van der Waals surface area contributed by atoms with Crippen LogP contribution in [-0.4, -0.2) is 18.3 Å². The van der Waals surface area contributed by atoms with Crippen LogP contribution in [0.25, 0.3) is 6.08 Å². The Morgan fingerprint density at radius 3 is 3.00 bits per heavy atom. The van der Waals surface area contributed by atoms with Crippen molar-refractivity contribution < 1.29 is 5.11 Å². The van der Waals surface area contributed by atoms with Gasteiger partial charge in [-0.25, -0.2) is 5.11 Å². The number of anilines is 1. The van der Waals surface area contributed by atoms with Gasteiger partial charge in [0.15, 0.2) is 5.11 Å². The average Bonchev–Trinajstić information content (AvgIpc) is 2.34. The molecule has 0 unspecified atom stereocenters. The van der Waals surface area contributed by atoms with E-state index in [1.807, 2.05) is 24.3 Å². The molecule has 0 heterocycles. The standard InChI is InChI=1S/C13H17N2OS/c1-2-8-14-13(17)15-12-7-3-5-11(10-12)6-4-9-16/h3-7,10H,2,8-9H2,1H3,(H2,14,15,17)/b6-4+. The van der Waals surface area contributed by atoms with Gasteiger partial charge >= 0.3 is 0 Å². The van der Waals surface area contributed by atoms with Gasteiger partial charge in [0.2, 0.25) is 0 Å². The van der Waals surface area contributed by atoms with Crippen LogP contribution in [0.5, 0.6) is 0 Å². The molecule has 0 spiro atoms. The topological polar surface area (TPSA) is 44.0 Å². The molecule has 0 aliphatic rings. The molecule has 17 heavy (non-hydrogen) atoms. The van der Waals surface area contributed by atoms with Crippen LogP contribution in [0.15, 0.2) is 30.3 Å². The van der Waals surface area contributed by atoms with Crippen LogP contribution in [0.1, 0.15) is 18.9 Å². The molecule has 0 saturated heterocycles. The maximum Gasteiger partial charge on any atom is 0.170 e. The van der Waals surface area contributed by atoms with E-state index in [9.17, 15) is 5.11 Å². The minimum absolute atomic E-state index is 0.200. The summed E-state index contributed by atoms with van der Waals surface area (Å²) in [5.74, 6) is 0. The molecule has 1 aromatic carbocycles. The van der Waals surface area contributed by atoms with E-state index in [2.05, 4.69) is 17.6 Å². The minimum Gasteiger partial charge on any atom is -0.362 e. The smallest absolute Gasteiger partial charge is 0.170 e. The Labute approximate surface area is 108 Å². The van der Waals surface area contributed by atoms with Gasteiger partial charge in [0, 0.05) is 12.2 Å². The van der Waals surface area contributed by atoms with Gasteiger partial charge in [0.25, 0.3) is 0 Å². The molecule has 1 radical (unpaired) electrons. The Morgan fingerprint density at radius 2 is 2.29 bits per heavy atom. The summed E-state index contributed by atoms with van der Waals surface area (Å²) in [5, 5.41) is 17.2. The highest BCUT2D eigenvalue weighted by molar-refractivity contribution is 7.80. The first-order chi connectivity index (χ1) is 8.26. The number of hydrogen-bond acceptors (Lipinski definition) is 1. The molecule has 0 amide bonds. The molecule has 0 aliphatic carbocycles. The first kappa shape index (κ1) is 13.7. The molecule has 0 aliphatic heterocycles. The molecular weight excluding hydrogens is 232 g/mol. The third-order valence-corrected chi connectivity index (χ3v) is 2.33. The third-order valence-electron chi connectivity index (χ3n) is 2.09. The van der Waals surface area contributed by atoms with Crippen molar-refractivity contribution in [1.29, 1.82) is 0 Å². The van der Waals surface area contributed by atoms with Crippen molar-refractivity contribution in [2.24, 2.45) is 0 Å². The lowest BCUT2D eigenvalue weighted by atomic mass is 10.2. The van der Waals surface area contributed by atoms with Crippen molar-refractivity contribution in [3.8, 4) is 0 Å². The van der Waals surface area contributed by atoms with Gasteiger partial charge in [-0.1, -0.05) is 31.2 Å². The molecule has 0 bridgehead atoms. The van der Waals surface area contributed by atoms with E-state index in [1.54, 1.807) is 12.2 Å². The van der Waals surface area contributed by atoms with Gasteiger partial charge in [-0.2, -0.15) is 0 Å². The quantitative estimate of drug-likeness (QED) is 0.789. The highest BCUT2D eigenvalue weighted by Gasteiger charge is 1.96. The Bertz CT molecular complexity index is 391. The zero-order valence-corrected chi connectivity index (χ0v) is 10.7. The maximum atomic E-state index is 10.4. The van der Waals surface area contributed by atoms with Crippen molar-refractivity contribution >= 4 is 29.1 Å². The Morgan fingerprint density at radius 1 is 1.47 bits per heavy atom. The van der Waals surface area contributed by atoms with E-state index in [0.29, 0.717) is 5.11 Å². The molecule has 3 nitrogen and oxygen atoms in total. The summed E-state index contributed by atoms with van der Waals surface area (Å²) in [5.41, 5.74) is 1.91. The number of nitrogens with one attached hydrogen (secondary N) is 2. The molecule has 2 N–H and O–H groups in total. The van der Waals surface area contributed by atoms with Gasteiger partial charge in [0.05, 0.1) is 0 Å². The first-order valence-corrected chi connectivity index (χ1v) is 6.06. The highest BCUT2D eigenvalue weighted by Crippen LogP contribution is 2.11. The molecule has 1 rings (SSSR count). The van der Waals surface area contributed by atoms with E-state index in [-0.39, 0.29) is 6.61 Å². The van der Waals surface area contributed by atoms with E-state index in [0.717, 1.165) is 24.2 Å².